The second kappa shape index (κ2) is 4.74. The van der Waals surface area contributed by atoms with Crippen LogP contribution in [0.4, 0.5) is 0 Å². The number of ketones is 1. The Hall–Kier alpha value is -0.380. The minimum absolute atomic E-state index is 0.0926. The average molecular weight is 249 g/mol. The van der Waals surface area contributed by atoms with Crippen molar-refractivity contribution in [1.82, 2.24) is 0 Å². The molecule has 0 saturated heterocycles. The van der Waals surface area contributed by atoms with Gasteiger partial charge in [0.1, 0.15) is 5.78 Å². The van der Waals surface area contributed by atoms with Crippen molar-refractivity contribution in [2.75, 3.05) is 5.33 Å². The highest BCUT2D eigenvalue weighted by atomic mass is 79.9. The molecule has 0 aromatic heterocycles. The number of carboxylic acids is 1. The first kappa shape index (κ1) is 10.7. The molecule has 0 heterocycles. The van der Waals surface area contributed by atoms with Crippen molar-refractivity contribution in [3.05, 3.63) is 0 Å². The van der Waals surface area contributed by atoms with E-state index >= 15 is 0 Å². The van der Waals surface area contributed by atoms with E-state index in [0.717, 1.165) is 12.8 Å². The molecule has 13 heavy (non-hydrogen) atoms. The van der Waals surface area contributed by atoms with Crippen LogP contribution in [0.15, 0.2) is 0 Å². The summed E-state index contributed by atoms with van der Waals surface area (Å²) < 4.78 is 0. The van der Waals surface area contributed by atoms with Gasteiger partial charge in [0.15, 0.2) is 0 Å². The molecule has 0 aromatic rings. The SMILES string of the molecule is O=C(O)C1CCC(C(=O)CBr)CC1. The van der Waals surface area contributed by atoms with Crippen LogP contribution >= 0.6 is 15.9 Å². The van der Waals surface area contributed by atoms with Crippen LogP contribution in [0.1, 0.15) is 25.7 Å². The number of Topliss-reactive ketones (excluding diaryl/α,β-unsaturated/α-hetero) is 1. The van der Waals surface area contributed by atoms with E-state index in [9.17, 15) is 9.59 Å². The zero-order valence-corrected chi connectivity index (χ0v) is 8.92. The Kier molecular flexibility index (Phi) is 3.90. The van der Waals surface area contributed by atoms with Gasteiger partial charge in [-0.25, -0.2) is 0 Å². The molecule has 3 nitrogen and oxygen atoms in total. The lowest BCUT2D eigenvalue weighted by atomic mass is 9.80. The number of hydrogen-bond acceptors (Lipinski definition) is 2. The van der Waals surface area contributed by atoms with Crippen LogP contribution in [0.5, 0.6) is 0 Å². The summed E-state index contributed by atoms with van der Waals surface area (Å²) in [7, 11) is 0. The lowest BCUT2D eigenvalue weighted by Gasteiger charge is -2.24. The molecule has 1 rings (SSSR count). The van der Waals surface area contributed by atoms with Crippen molar-refractivity contribution in [2.24, 2.45) is 11.8 Å². The number of halogens is 1. The summed E-state index contributed by atoms with van der Waals surface area (Å²) in [6.07, 6.45) is 2.78. The Balaban J connectivity index is 2.39. The molecule has 1 aliphatic rings. The maximum atomic E-state index is 11.2. The van der Waals surface area contributed by atoms with Gasteiger partial charge in [0, 0.05) is 5.92 Å². The van der Waals surface area contributed by atoms with Crippen molar-refractivity contribution >= 4 is 27.7 Å². The zero-order chi connectivity index (χ0) is 9.84. The Morgan fingerprint density at radius 2 is 1.62 bits per heavy atom. The molecule has 4 heteroatoms. The van der Waals surface area contributed by atoms with Gasteiger partial charge in [-0.2, -0.15) is 0 Å². The van der Waals surface area contributed by atoms with Gasteiger partial charge >= 0.3 is 5.97 Å². The molecule has 1 aliphatic carbocycles. The van der Waals surface area contributed by atoms with E-state index in [-0.39, 0.29) is 17.6 Å². The highest BCUT2D eigenvalue weighted by molar-refractivity contribution is 9.09. The topological polar surface area (TPSA) is 54.4 Å². The summed E-state index contributed by atoms with van der Waals surface area (Å²) in [4.78, 5) is 21.9. The predicted molar refractivity (Wildman–Crippen MR) is 51.9 cm³/mol. The Morgan fingerprint density at radius 3 is 2.00 bits per heavy atom. The lowest BCUT2D eigenvalue weighted by molar-refractivity contribution is -0.143. The maximum absolute atomic E-state index is 11.2. The third-order valence-electron chi connectivity index (χ3n) is 2.66. The normalized spacial score (nSPS) is 28.4. The smallest absolute Gasteiger partial charge is 0.306 e. The van der Waals surface area contributed by atoms with Crippen LogP contribution in [0.2, 0.25) is 0 Å². The monoisotopic (exact) mass is 248 g/mol. The molecular formula is C9H13BrO3. The second-order valence-electron chi connectivity index (χ2n) is 3.49. The fraction of sp³-hybridized carbons (Fsp3) is 0.778. The van der Waals surface area contributed by atoms with E-state index in [1.807, 2.05) is 0 Å². The molecule has 1 N–H and O–H groups in total. The number of rotatable bonds is 3. The molecule has 0 aliphatic heterocycles. The van der Waals surface area contributed by atoms with Gasteiger partial charge in [0.05, 0.1) is 11.2 Å². The number of carboxylic acid groups (broad SMARTS) is 1. The van der Waals surface area contributed by atoms with Crippen LogP contribution in [-0.2, 0) is 9.59 Å². The maximum Gasteiger partial charge on any atom is 0.306 e. The largest absolute Gasteiger partial charge is 0.481 e. The summed E-state index contributed by atoms with van der Waals surface area (Å²) in [6.45, 7) is 0. The average Bonchev–Trinajstić information content (AvgIpc) is 2.17. The standard InChI is InChI=1S/C9H13BrO3/c10-5-8(11)6-1-3-7(4-2-6)9(12)13/h6-7H,1-5H2,(H,12,13). The van der Waals surface area contributed by atoms with Gasteiger partial charge in [-0.15, -0.1) is 0 Å². The molecule has 0 atom stereocenters. The van der Waals surface area contributed by atoms with Crippen molar-refractivity contribution in [3.8, 4) is 0 Å². The number of alkyl halides is 1. The number of aliphatic carboxylic acids is 1. The third kappa shape index (κ3) is 2.79. The van der Waals surface area contributed by atoms with E-state index < -0.39 is 5.97 Å². The highest BCUT2D eigenvalue weighted by Gasteiger charge is 2.28. The summed E-state index contributed by atoms with van der Waals surface area (Å²) >= 11 is 3.13. The van der Waals surface area contributed by atoms with Crippen molar-refractivity contribution in [2.45, 2.75) is 25.7 Å². The quantitative estimate of drug-likeness (QED) is 0.776. The first-order chi connectivity index (χ1) is 6.15. The summed E-state index contributed by atoms with van der Waals surface area (Å²) in [6, 6.07) is 0. The minimum Gasteiger partial charge on any atom is -0.481 e. The summed E-state index contributed by atoms with van der Waals surface area (Å²) in [5.74, 6) is -0.636. The molecular weight excluding hydrogens is 236 g/mol. The zero-order valence-electron chi connectivity index (χ0n) is 7.33. The molecule has 0 unspecified atom stereocenters. The molecule has 0 amide bonds. The van der Waals surface area contributed by atoms with Crippen molar-refractivity contribution in [1.29, 1.82) is 0 Å². The second-order valence-corrected chi connectivity index (χ2v) is 4.05. The van der Waals surface area contributed by atoms with E-state index in [4.69, 9.17) is 5.11 Å². The van der Waals surface area contributed by atoms with Gasteiger partial charge in [-0.3, -0.25) is 9.59 Å². The first-order valence-electron chi connectivity index (χ1n) is 4.46. The molecule has 74 valence electrons. The van der Waals surface area contributed by atoms with E-state index in [2.05, 4.69) is 15.9 Å². The number of carbonyl (C=O) groups excluding carboxylic acids is 1. The van der Waals surface area contributed by atoms with Crippen LogP contribution < -0.4 is 0 Å². The summed E-state index contributed by atoms with van der Waals surface area (Å²) in [5, 5.41) is 9.12. The Labute approximate surface area is 85.6 Å². The van der Waals surface area contributed by atoms with E-state index in [1.54, 1.807) is 0 Å². The summed E-state index contributed by atoms with van der Waals surface area (Å²) in [5.41, 5.74) is 0. The van der Waals surface area contributed by atoms with Crippen LogP contribution in [0.25, 0.3) is 0 Å². The molecule has 0 spiro atoms. The lowest BCUT2D eigenvalue weighted by Crippen LogP contribution is -2.26. The van der Waals surface area contributed by atoms with Crippen molar-refractivity contribution in [3.63, 3.8) is 0 Å². The fourth-order valence-electron chi connectivity index (χ4n) is 1.77. The van der Waals surface area contributed by atoms with Crippen molar-refractivity contribution < 1.29 is 14.7 Å². The highest BCUT2D eigenvalue weighted by Crippen LogP contribution is 2.29. The molecule has 0 aromatic carbocycles. The van der Waals surface area contributed by atoms with E-state index in [1.165, 1.54) is 0 Å². The number of carbonyl (C=O) groups is 2. The van der Waals surface area contributed by atoms with E-state index in [0.29, 0.717) is 18.2 Å². The van der Waals surface area contributed by atoms with Crippen LogP contribution in [0, 0.1) is 11.8 Å². The van der Waals surface area contributed by atoms with Crippen LogP contribution in [0.3, 0.4) is 0 Å². The van der Waals surface area contributed by atoms with Gasteiger partial charge in [0.25, 0.3) is 0 Å². The van der Waals surface area contributed by atoms with Gasteiger partial charge in [-0.1, -0.05) is 15.9 Å². The predicted octanol–water partition coefficient (Wildman–Crippen LogP) is 1.84. The fourth-order valence-corrected chi connectivity index (χ4v) is 2.23. The van der Waals surface area contributed by atoms with Gasteiger partial charge in [-0.05, 0) is 25.7 Å². The molecule has 1 saturated carbocycles. The minimum atomic E-state index is -0.718. The third-order valence-corrected chi connectivity index (χ3v) is 3.22. The molecule has 0 bridgehead atoms. The van der Waals surface area contributed by atoms with Gasteiger partial charge < -0.3 is 5.11 Å². The van der Waals surface area contributed by atoms with Gasteiger partial charge in [0.2, 0.25) is 0 Å². The number of hydrogen-bond donors (Lipinski definition) is 1. The molecule has 0 radical (unpaired) electrons. The molecule has 1 fully saturated rings. The first-order valence-corrected chi connectivity index (χ1v) is 5.58. The Morgan fingerprint density at radius 1 is 1.15 bits per heavy atom. The van der Waals surface area contributed by atoms with Crippen LogP contribution in [-0.4, -0.2) is 22.2 Å². The Bertz CT molecular complexity index is 207.